The van der Waals surface area contributed by atoms with Crippen LogP contribution in [-0.4, -0.2) is 18.7 Å². The zero-order valence-corrected chi connectivity index (χ0v) is 14.5. The van der Waals surface area contributed by atoms with Crippen molar-refractivity contribution in [3.63, 3.8) is 0 Å². The van der Waals surface area contributed by atoms with Crippen LogP contribution in [0.2, 0.25) is 0 Å². The van der Waals surface area contributed by atoms with Gasteiger partial charge < -0.3 is 14.6 Å². The van der Waals surface area contributed by atoms with Gasteiger partial charge in [-0.25, -0.2) is 0 Å². The number of rotatable bonds is 7. The average molecular weight is 351 g/mol. The van der Waals surface area contributed by atoms with Gasteiger partial charge in [0.25, 0.3) is 0 Å². The fourth-order valence-electron chi connectivity index (χ4n) is 2.60. The number of nitrogens with one attached hydrogen (secondary N) is 1. The van der Waals surface area contributed by atoms with Gasteiger partial charge in [-0.2, -0.15) is 0 Å². The molecule has 0 radical (unpaired) electrons. The molecule has 1 heterocycles. The van der Waals surface area contributed by atoms with Crippen LogP contribution in [0.3, 0.4) is 0 Å². The first-order valence-electron chi connectivity index (χ1n) is 7.33. The van der Waals surface area contributed by atoms with Crippen molar-refractivity contribution in [2.45, 2.75) is 32.4 Å². The van der Waals surface area contributed by atoms with E-state index >= 15 is 0 Å². The molecule has 3 nitrogen and oxygen atoms in total. The predicted octanol–water partition coefficient (Wildman–Crippen LogP) is 4.37. The average Bonchev–Trinajstić information content (AvgIpc) is 2.93. The van der Waals surface area contributed by atoms with Crippen molar-refractivity contribution >= 4 is 15.9 Å². The van der Waals surface area contributed by atoms with Crippen molar-refractivity contribution in [2.75, 3.05) is 14.2 Å². The molecule has 1 atom stereocenters. The molecule has 0 saturated carbocycles. The highest BCUT2D eigenvalue weighted by molar-refractivity contribution is 9.10. The Morgan fingerprint density at radius 1 is 1.33 bits per heavy atom. The minimum atomic E-state index is 0.431. The topological polar surface area (TPSA) is 26.2 Å². The molecule has 0 bridgehead atoms. The van der Waals surface area contributed by atoms with Crippen LogP contribution in [0.25, 0.3) is 0 Å². The van der Waals surface area contributed by atoms with Gasteiger partial charge >= 0.3 is 0 Å². The molecule has 1 N–H and O–H groups in total. The van der Waals surface area contributed by atoms with Crippen molar-refractivity contribution in [2.24, 2.45) is 0 Å². The Bertz CT molecular complexity index is 580. The summed E-state index contributed by atoms with van der Waals surface area (Å²) in [6.07, 6.45) is 6.68. The van der Waals surface area contributed by atoms with Gasteiger partial charge in [0.05, 0.1) is 13.7 Å². The standard InChI is InChI=1S/C17H23BrN2O/c1-4-5-16(19-2)13-8-9-20(11-13)12-14-10-15(18)6-7-17(14)21-3/h6-11,16,19H,4-5,12H2,1-3H3. The van der Waals surface area contributed by atoms with Gasteiger partial charge in [0, 0.05) is 28.5 Å². The second kappa shape index (κ2) is 7.66. The van der Waals surface area contributed by atoms with Crippen LogP contribution in [0.15, 0.2) is 41.1 Å². The molecule has 2 rings (SSSR count). The van der Waals surface area contributed by atoms with Crippen LogP contribution in [0.1, 0.15) is 36.9 Å². The largest absolute Gasteiger partial charge is 0.496 e. The molecule has 0 saturated heterocycles. The van der Waals surface area contributed by atoms with Crippen molar-refractivity contribution in [1.29, 1.82) is 0 Å². The quantitative estimate of drug-likeness (QED) is 0.802. The van der Waals surface area contributed by atoms with E-state index in [1.165, 1.54) is 17.5 Å². The number of benzene rings is 1. The molecule has 0 aliphatic carbocycles. The molecular weight excluding hydrogens is 328 g/mol. The minimum Gasteiger partial charge on any atom is -0.496 e. The SMILES string of the molecule is CCCC(NC)c1ccn(Cc2cc(Br)ccc2OC)c1. The number of hydrogen-bond acceptors (Lipinski definition) is 2. The molecule has 2 aromatic rings. The Morgan fingerprint density at radius 3 is 2.81 bits per heavy atom. The number of methoxy groups -OCH3 is 1. The zero-order valence-electron chi connectivity index (χ0n) is 12.9. The summed E-state index contributed by atoms with van der Waals surface area (Å²) in [6.45, 7) is 3.03. The molecule has 114 valence electrons. The van der Waals surface area contributed by atoms with Gasteiger partial charge in [-0.1, -0.05) is 29.3 Å². The van der Waals surface area contributed by atoms with Crippen molar-refractivity contribution in [1.82, 2.24) is 9.88 Å². The van der Waals surface area contributed by atoms with E-state index in [1.807, 2.05) is 19.2 Å². The molecule has 0 aliphatic heterocycles. The van der Waals surface area contributed by atoms with Crippen LogP contribution >= 0.6 is 15.9 Å². The predicted molar refractivity (Wildman–Crippen MR) is 90.9 cm³/mol. The molecule has 1 aromatic heterocycles. The monoisotopic (exact) mass is 350 g/mol. The van der Waals surface area contributed by atoms with E-state index in [9.17, 15) is 0 Å². The second-order valence-corrected chi connectivity index (χ2v) is 6.12. The molecule has 0 spiro atoms. The lowest BCUT2D eigenvalue weighted by Gasteiger charge is -2.13. The molecule has 1 unspecified atom stereocenters. The Balaban J connectivity index is 2.17. The van der Waals surface area contributed by atoms with Crippen LogP contribution in [0.5, 0.6) is 5.75 Å². The Morgan fingerprint density at radius 2 is 2.14 bits per heavy atom. The third-order valence-electron chi connectivity index (χ3n) is 3.70. The van der Waals surface area contributed by atoms with E-state index in [-0.39, 0.29) is 0 Å². The van der Waals surface area contributed by atoms with Crippen LogP contribution in [0, 0.1) is 0 Å². The Kier molecular flexibility index (Phi) is 5.88. The smallest absolute Gasteiger partial charge is 0.123 e. The Hall–Kier alpha value is -1.26. The summed E-state index contributed by atoms with van der Waals surface area (Å²) in [5.74, 6) is 0.923. The lowest BCUT2D eigenvalue weighted by molar-refractivity contribution is 0.408. The molecule has 0 aliphatic rings. The van der Waals surface area contributed by atoms with Crippen LogP contribution in [-0.2, 0) is 6.54 Å². The van der Waals surface area contributed by atoms with Gasteiger partial charge in [0.1, 0.15) is 5.75 Å². The van der Waals surface area contributed by atoms with Gasteiger partial charge in [0.15, 0.2) is 0 Å². The van der Waals surface area contributed by atoms with Gasteiger partial charge in [0.2, 0.25) is 0 Å². The van der Waals surface area contributed by atoms with Crippen molar-refractivity contribution < 1.29 is 4.74 Å². The van der Waals surface area contributed by atoms with Crippen molar-refractivity contribution in [3.8, 4) is 5.75 Å². The number of nitrogens with zero attached hydrogens (tertiary/aromatic N) is 1. The van der Waals surface area contributed by atoms with E-state index in [4.69, 9.17) is 4.74 Å². The van der Waals surface area contributed by atoms with Gasteiger partial charge in [-0.15, -0.1) is 0 Å². The fraction of sp³-hybridized carbons (Fsp3) is 0.412. The lowest BCUT2D eigenvalue weighted by atomic mass is 10.1. The first-order valence-corrected chi connectivity index (χ1v) is 8.12. The summed E-state index contributed by atoms with van der Waals surface area (Å²) < 4.78 is 8.72. The van der Waals surface area contributed by atoms with E-state index < -0.39 is 0 Å². The van der Waals surface area contributed by atoms with Crippen LogP contribution in [0.4, 0.5) is 0 Å². The highest BCUT2D eigenvalue weighted by atomic mass is 79.9. The van der Waals surface area contributed by atoms with E-state index in [0.717, 1.165) is 23.2 Å². The molecule has 0 fully saturated rings. The summed E-state index contributed by atoms with van der Waals surface area (Å²) in [7, 11) is 3.74. The zero-order chi connectivity index (χ0) is 15.2. The van der Waals surface area contributed by atoms with E-state index in [0.29, 0.717) is 6.04 Å². The number of aromatic nitrogens is 1. The summed E-state index contributed by atoms with van der Waals surface area (Å²) in [5.41, 5.74) is 2.51. The highest BCUT2D eigenvalue weighted by Gasteiger charge is 2.10. The maximum absolute atomic E-state index is 5.44. The summed E-state index contributed by atoms with van der Waals surface area (Å²) >= 11 is 3.52. The number of ether oxygens (including phenoxy) is 1. The fourth-order valence-corrected chi connectivity index (χ4v) is 3.01. The minimum absolute atomic E-state index is 0.431. The normalized spacial score (nSPS) is 12.4. The molecule has 1 aromatic carbocycles. The highest BCUT2D eigenvalue weighted by Crippen LogP contribution is 2.25. The number of halogens is 1. The van der Waals surface area contributed by atoms with Gasteiger partial charge in [-0.3, -0.25) is 0 Å². The summed E-state index contributed by atoms with van der Waals surface area (Å²) in [6, 6.07) is 8.74. The molecule has 4 heteroatoms. The lowest BCUT2D eigenvalue weighted by Crippen LogP contribution is -2.15. The summed E-state index contributed by atoms with van der Waals surface area (Å²) in [5, 5.41) is 3.38. The maximum atomic E-state index is 5.44. The second-order valence-electron chi connectivity index (χ2n) is 5.20. The third-order valence-corrected chi connectivity index (χ3v) is 4.19. The van der Waals surface area contributed by atoms with Gasteiger partial charge in [-0.05, 0) is 43.3 Å². The Labute approximate surface area is 135 Å². The van der Waals surface area contributed by atoms with E-state index in [1.54, 1.807) is 7.11 Å². The maximum Gasteiger partial charge on any atom is 0.123 e. The number of hydrogen-bond donors (Lipinski definition) is 1. The molecule has 21 heavy (non-hydrogen) atoms. The first kappa shape index (κ1) is 16.1. The summed E-state index contributed by atoms with van der Waals surface area (Å²) in [4.78, 5) is 0. The third kappa shape index (κ3) is 4.11. The first-order chi connectivity index (χ1) is 10.2. The molecule has 0 amide bonds. The van der Waals surface area contributed by atoms with Crippen molar-refractivity contribution in [3.05, 3.63) is 52.3 Å². The van der Waals surface area contributed by atoms with E-state index in [2.05, 4.69) is 57.3 Å². The van der Waals surface area contributed by atoms with Crippen LogP contribution < -0.4 is 10.1 Å². The molecular formula is C17H23BrN2O.